The van der Waals surface area contributed by atoms with Crippen LogP contribution in [0.2, 0.25) is 0 Å². The Kier molecular flexibility index (Phi) is 4.41. The average molecular weight is 266 g/mol. The number of carbonyl (C=O) groups is 2. The SMILES string of the molecule is CNC(=O)Cc1c(C(N)=O)ccc(NC)c1[N+](=O)[O-]. The number of hydrogen-bond acceptors (Lipinski definition) is 5. The number of nitro benzene ring substituents is 1. The molecule has 1 aromatic carbocycles. The molecule has 8 nitrogen and oxygen atoms in total. The number of hydrogen-bond donors (Lipinski definition) is 3. The van der Waals surface area contributed by atoms with E-state index in [1.54, 1.807) is 0 Å². The molecule has 2 amide bonds. The van der Waals surface area contributed by atoms with Crippen LogP contribution in [0.15, 0.2) is 12.1 Å². The van der Waals surface area contributed by atoms with Crippen molar-refractivity contribution in [1.82, 2.24) is 5.32 Å². The lowest BCUT2D eigenvalue weighted by molar-refractivity contribution is -0.384. The second-order valence-corrected chi connectivity index (χ2v) is 3.71. The van der Waals surface area contributed by atoms with E-state index < -0.39 is 16.7 Å². The molecule has 0 aliphatic rings. The summed E-state index contributed by atoms with van der Waals surface area (Å²) < 4.78 is 0. The van der Waals surface area contributed by atoms with Gasteiger partial charge in [-0.25, -0.2) is 0 Å². The molecule has 0 atom stereocenters. The number of nitrogens with one attached hydrogen (secondary N) is 2. The summed E-state index contributed by atoms with van der Waals surface area (Å²) in [7, 11) is 2.91. The molecule has 0 aromatic heterocycles. The molecule has 0 spiro atoms. The Balaban J connectivity index is 3.53. The van der Waals surface area contributed by atoms with Gasteiger partial charge in [-0.2, -0.15) is 0 Å². The number of anilines is 1. The summed E-state index contributed by atoms with van der Waals surface area (Å²) in [6, 6.07) is 2.74. The van der Waals surface area contributed by atoms with E-state index >= 15 is 0 Å². The van der Waals surface area contributed by atoms with Gasteiger partial charge in [0.2, 0.25) is 11.8 Å². The quantitative estimate of drug-likeness (QED) is 0.511. The van der Waals surface area contributed by atoms with Gasteiger partial charge in [-0.05, 0) is 12.1 Å². The van der Waals surface area contributed by atoms with Crippen LogP contribution in [0.5, 0.6) is 0 Å². The molecule has 0 aliphatic heterocycles. The van der Waals surface area contributed by atoms with E-state index in [0.29, 0.717) is 0 Å². The molecule has 0 aliphatic carbocycles. The first kappa shape index (κ1) is 14.4. The van der Waals surface area contributed by atoms with E-state index in [1.165, 1.54) is 26.2 Å². The van der Waals surface area contributed by atoms with Crippen molar-refractivity contribution >= 4 is 23.2 Å². The molecule has 4 N–H and O–H groups in total. The molecular weight excluding hydrogens is 252 g/mol. The third-order valence-electron chi connectivity index (χ3n) is 2.62. The zero-order valence-corrected chi connectivity index (χ0v) is 10.5. The van der Waals surface area contributed by atoms with Crippen molar-refractivity contribution in [3.05, 3.63) is 33.4 Å². The minimum atomic E-state index is -0.815. The van der Waals surface area contributed by atoms with E-state index in [4.69, 9.17) is 5.73 Å². The van der Waals surface area contributed by atoms with Crippen molar-refractivity contribution in [3.63, 3.8) is 0 Å². The molecule has 102 valence electrons. The van der Waals surface area contributed by atoms with Crippen LogP contribution < -0.4 is 16.4 Å². The lowest BCUT2D eigenvalue weighted by Crippen LogP contribution is -2.23. The van der Waals surface area contributed by atoms with Crippen LogP contribution in [0, 0.1) is 10.1 Å². The van der Waals surface area contributed by atoms with E-state index in [1.807, 2.05) is 0 Å². The Hall–Kier alpha value is -2.64. The van der Waals surface area contributed by atoms with Gasteiger partial charge in [0, 0.05) is 19.7 Å². The molecule has 0 unspecified atom stereocenters. The monoisotopic (exact) mass is 266 g/mol. The fraction of sp³-hybridized carbons (Fsp3) is 0.273. The third kappa shape index (κ3) is 2.97. The summed E-state index contributed by atoms with van der Waals surface area (Å²) in [5.74, 6) is -1.26. The van der Waals surface area contributed by atoms with Crippen LogP contribution >= 0.6 is 0 Å². The number of amides is 2. The van der Waals surface area contributed by atoms with Crippen molar-refractivity contribution < 1.29 is 14.5 Å². The van der Waals surface area contributed by atoms with Gasteiger partial charge in [0.05, 0.1) is 16.9 Å². The molecule has 1 rings (SSSR count). The summed E-state index contributed by atoms with van der Waals surface area (Å²) in [5, 5.41) is 16.1. The maximum Gasteiger partial charge on any atom is 0.296 e. The molecule has 0 saturated heterocycles. The smallest absolute Gasteiger partial charge is 0.296 e. The van der Waals surface area contributed by atoms with Crippen LogP contribution in [-0.2, 0) is 11.2 Å². The van der Waals surface area contributed by atoms with Crippen molar-refractivity contribution in [3.8, 4) is 0 Å². The molecule has 1 aromatic rings. The first-order valence-electron chi connectivity index (χ1n) is 5.40. The third-order valence-corrected chi connectivity index (χ3v) is 2.62. The first-order valence-corrected chi connectivity index (χ1v) is 5.40. The number of likely N-dealkylation sites (N-methyl/N-ethyl adjacent to an activating group) is 1. The van der Waals surface area contributed by atoms with Crippen LogP contribution in [0.25, 0.3) is 0 Å². The minimum Gasteiger partial charge on any atom is -0.383 e. The number of nitrogens with zero attached hydrogens (tertiary/aromatic N) is 1. The summed E-state index contributed by atoms with van der Waals surface area (Å²) in [6.45, 7) is 0. The van der Waals surface area contributed by atoms with Crippen molar-refractivity contribution in [2.45, 2.75) is 6.42 Å². The van der Waals surface area contributed by atoms with Gasteiger partial charge >= 0.3 is 0 Å². The molecule has 0 fully saturated rings. The molecule has 0 bridgehead atoms. The van der Waals surface area contributed by atoms with Gasteiger partial charge < -0.3 is 16.4 Å². The lowest BCUT2D eigenvalue weighted by Gasteiger charge is -2.10. The topological polar surface area (TPSA) is 127 Å². The summed E-state index contributed by atoms with van der Waals surface area (Å²) in [5.41, 5.74) is 5.05. The highest BCUT2D eigenvalue weighted by molar-refractivity contribution is 5.98. The van der Waals surface area contributed by atoms with Crippen molar-refractivity contribution in [1.29, 1.82) is 0 Å². The highest BCUT2D eigenvalue weighted by Gasteiger charge is 2.26. The van der Waals surface area contributed by atoms with Gasteiger partial charge in [0.25, 0.3) is 5.69 Å². The maximum atomic E-state index is 11.4. The Morgan fingerprint density at radius 1 is 1.37 bits per heavy atom. The van der Waals surface area contributed by atoms with Crippen LogP contribution in [0.1, 0.15) is 15.9 Å². The van der Waals surface area contributed by atoms with E-state index in [2.05, 4.69) is 10.6 Å². The predicted molar refractivity (Wildman–Crippen MR) is 68.9 cm³/mol. The average Bonchev–Trinajstić information content (AvgIpc) is 2.36. The largest absolute Gasteiger partial charge is 0.383 e. The van der Waals surface area contributed by atoms with E-state index in [9.17, 15) is 19.7 Å². The molecule has 0 heterocycles. The summed E-state index contributed by atoms with van der Waals surface area (Å²) >= 11 is 0. The number of nitro groups is 1. The highest BCUT2D eigenvalue weighted by atomic mass is 16.6. The Morgan fingerprint density at radius 3 is 2.42 bits per heavy atom. The highest BCUT2D eigenvalue weighted by Crippen LogP contribution is 2.31. The molecule has 0 saturated carbocycles. The fourth-order valence-electron chi connectivity index (χ4n) is 1.71. The lowest BCUT2D eigenvalue weighted by atomic mass is 10.00. The van der Waals surface area contributed by atoms with E-state index in [0.717, 1.165) is 0 Å². The fourth-order valence-corrected chi connectivity index (χ4v) is 1.71. The van der Waals surface area contributed by atoms with Crippen molar-refractivity contribution in [2.24, 2.45) is 5.73 Å². The number of benzene rings is 1. The number of nitrogens with two attached hydrogens (primary N) is 1. The van der Waals surface area contributed by atoms with Crippen LogP contribution in [-0.4, -0.2) is 30.8 Å². The molecular formula is C11H14N4O4. The van der Waals surface area contributed by atoms with Crippen molar-refractivity contribution in [2.75, 3.05) is 19.4 Å². The zero-order chi connectivity index (χ0) is 14.6. The zero-order valence-electron chi connectivity index (χ0n) is 10.5. The minimum absolute atomic E-state index is 0.00343. The van der Waals surface area contributed by atoms with Gasteiger partial charge in [0.15, 0.2) is 0 Å². The van der Waals surface area contributed by atoms with Gasteiger partial charge in [0.1, 0.15) is 5.69 Å². The number of carbonyl (C=O) groups excluding carboxylic acids is 2. The second kappa shape index (κ2) is 5.80. The van der Waals surface area contributed by atoms with Crippen LogP contribution in [0.3, 0.4) is 0 Å². The molecule has 8 heteroatoms. The first-order chi connectivity index (χ1) is 8.92. The van der Waals surface area contributed by atoms with Gasteiger partial charge in [-0.1, -0.05) is 0 Å². The molecule has 0 radical (unpaired) electrons. The Labute approximate surface area is 109 Å². The Bertz CT molecular complexity index is 542. The standard InChI is InChI=1S/C11H14N4O4/c1-13-8-4-3-6(11(12)17)7(5-9(16)14-2)10(8)15(18)19/h3-4,13H,5H2,1-2H3,(H2,12,17)(H,14,16). The maximum absolute atomic E-state index is 11.4. The van der Waals surface area contributed by atoms with Crippen LogP contribution in [0.4, 0.5) is 11.4 Å². The summed E-state index contributed by atoms with van der Waals surface area (Å²) in [4.78, 5) is 33.2. The number of rotatable bonds is 5. The summed E-state index contributed by atoms with van der Waals surface area (Å²) in [6.07, 6.45) is -0.291. The van der Waals surface area contributed by atoms with Gasteiger partial charge in [-0.15, -0.1) is 0 Å². The normalized spacial score (nSPS) is 9.79. The van der Waals surface area contributed by atoms with E-state index in [-0.39, 0.29) is 28.9 Å². The Morgan fingerprint density at radius 2 is 2.00 bits per heavy atom. The molecule has 19 heavy (non-hydrogen) atoms. The van der Waals surface area contributed by atoms with Gasteiger partial charge in [-0.3, -0.25) is 19.7 Å². The second-order valence-electron chi connectivity index (χ2n) is 3.71. The predicted octanol–water partition coefficient (Wildman–Crippen LogP) is 0.0239. The number of primary amides is 1.